The molecule has 0 amide bonds. The van der Waals surface area contributed by atoms with E-state index in [1.807, 2.05) is 12.1 Å². The van der Waals surface area contributed by atoms with Crippen LogP contribution in [0.25, 0.3) is 0 Å². The van der Waals surface area contributed by atoms with Gasteiger partial charge >= 0.3 is 0 Å². The highest BCUT2D eigenvalue weighted by Crippen LogP contribution is 2.37. The second-order valence-corrected chi connectivity index (χ2v) is 5.31. The van der Waals surface area contributed by atoms with Crippen LogP contribution in [-0.2, 0) is 6.42 Å². The average molecular weight is 292 g/mol. The predicted octanol–water partition coefficient (Wildman–Crippen LogP) is 4.59. The van der Waals surface area contributed by atoms with Gasteiger partial charge in [0.1, 0.15) is 5.75 Å². The van der Waals surface area contributed by atoms with E-state index in [1.54, 1.807) is 25.3 Å². The number of ether oxygens (including phenoxy) is 1. The smallest absolute Gasteiger partial charge is 0.164 e. The first-order valence-corrected chi connectivity index (χ1v) is 6.94. The topological polar surface area (TPSA) is 21.3 Å². The molecule has 0 bridgehead atoms. The molecule has 0 spiro atoms. The fourth-order valence-electron chi connectivity index (χ4n) is 2.66. The van der Waals surface area contributed by atoms with E-state index in [0.717, 1.165) is 18.6 Å². The van der Waals surface area contributed by atoms with Crippen molar-refractivity contribution in [2.45, 2.75) is 18.9 Å². The highest BCUT2D eigenvalue weighted by atomic mass is 35.5. The Labute approximate surface area is 122 Å². The van der Waals surface area contributed by atoms with Crippen molar-refractivity contribution in [3.63, 3.8) is 0 Å². The molecule has 1 N–H and O–H groups in total. The number of methoxy groups -OCH3 is 1. The number of fused-ring (bicyclic) bond motifs is 1. The average Bonchev–Trinajstić information content (AvgIpc) is 2.86. The summed E-state index contributed by atoms with van der Waals surface area (Å²) in [4.78, 5) is 0. The second kappa shape index (κ2) is 5.33. The molecule has 2 aromatic rings. The third-order valence-electron chi connectivity index (χ3n) is 3.71. The van der Waals surface area contributed by atoms with Crippen molar-refractivity contribution >= 4 is 17.3 Å². The molecular weight excluding hydrogens is 277 g/mol. The van der Waals surface area contributed by atoms with Gasteiger partial charge in [-0.15, -0.1) is 0 Å². The van der Waals surface area contributed by atoms with E-state index in [4.69, 9.17) is 16.3 Å². The lowest BCUT2D eigenvalue weighted by molar-refractivity contribution is 0.414. The summed E-state index contributed by atoms with van der Waals surface area (Å²) in [6.07, 6.45) is 1.92. The Kier molecular flexibility index (Phi) is 3.53. The summed E-state index contributed by atoms with van der Waals surface area (Å²) in [5.41, 5.74) is 2.90. The van der Waals surface area contributed by atoms with Crippen LogP contribution in [0.5, 0.6) is 5.75 Å². The molecule has 0 saturated heterocycles. The molecule has 0 radical (unpaired) electrons. The van der Waals surface area contributed by atoms with Gasteiger partial charge in [0.2, 0.25) is 0 Å². The predicted molar refractivity (Wildman–Crippen MR) is 79.1 cm³/mol. The standard InChI is InChI=1S/C16H15ClFNO/c1-20-11-7-5-10-6-8-14(12(10)9-11)19-15-4-2-3-13(17)16(15)18/h2-5,7,9,14,19H,6,8H2,1H3. The molecule has 0 heterocycles. The summed E-state index contributed by atoms with van der Waals surface area (Å²) in [5.74, 6) is 0.425. The molecule has 3 rings (SSSR count). The molecule has 1 aliphatic rings. The highest BCUT2D eigenvalue weighted by Gasteiger charge is 2.23. The van der Waals surface area contributed by atoms with Crippen molar-refractivity contribution in [2.75, 3.05) is 12.4 Å². The molecule has 20 heavy (non-hydrogen) atoms. The summed E-state index contributed by atoms with van der Waals surface area (Å²) in [6, 6.07) is 11.1. The van der Waals surface area contributed by atoms with Gasteiger partial charge in [0.25, 0.3) is 0 Å². The molecule has 1 unspecified atom stereocenters. The van der Waals surface area contributed by atoms with Crippen LogP contribution in [0.2, 0.25) is 5.02 Å². The van der Waals surface area contributed by atoms with Crippen LogP contribution in [-0.4, -0.2) is 7.11 Å². The zero-order valence-corrected chi connectivity index (χ0v) is 11.9. The molecule has 104 valence electrons. The van der Waals surface area contributed by atoms with Crippen molar-refractivity contribution < 1.29 is 9.13 Å². The van der Waals surface area contributed by atoms with E-state index < -0.39 is 5.82 Å². The first-order chi connectivity index (χ1) is 9.69. The van der Waals surface area contributed by atoms with Crippen LogP contribution in [0, 0.1) is 5.82 Å². The maximum atomic E-state index is 14.0. The number of rotatable bonds is 3. The Morgan fingerprint density at radius 1 is 1.30 bits per heavy atom. The van der Waals surface area contributed by atoms with Crippen LogP contribution in [0.4, 0.5) is 10.1 Å². The maximum absolute atomic E-state index is 14.0. The van der Waals surface area contributed by atoms with E-state index >= 15 is 0 Å². The first kappa shape index (κ1) is 13.3. The molecule has 0 saturated carbocycles. The molecular formula is C16H15ClFNO. The maximum Gasteiger partial charge on any atom is 0.164 e. The highest BCUT2D eigenvalue weighted by molar-refractivity contribution is 6.31. The number of halogens is 2. The number of hydrogen-bond acceptors (Lipinski definition) is 2. The molecule has 0 fully saturated rings. The number of nitrogens with one attached hydrogen (secondary N) is 1. The lowest BCUT2D eigenvalue weighted by atomic mass is 10.1. The Bertz CT molecular complexity index is 644. The normalized spacial score (nSPS) is 16.9. The van der Waals surface area contributed by atoms with E-state index in [1.165, 1.54) is 11.1 Å². The van der Waals surface area contributed by atoms with Gasteiger partial charge in [-0.2, -0.15) is 0 Å². The van der Waals surface area contributed by atoms with Crippen molar-refractivity contribution in [1.82, 2.24) is 0 Å². The molecule has 1 aliphatic carbocycles. The monoisotopic (exact) mass is 291 g/mol. The Morgan fingerprint density at radius 2 is 2.15 bits per heavy atom. The zero-order valence-electron chi connectivity index (χ0n) is 11.1. The molecule has 4 heteroatoms. The van der Waals surface area contributed by atoms with Crippen molar-refractivity contribution in [3.05, 3.63) is 58.4 Å². The lowest BCUT2D eigenvalue weighted by Gasteiger charge is -2.17. The molecule has 0 aliphatic heterocycles. The van der Waals surface area contributed by atoms with Gasteiger partial charge in [-0.25, -0.2) is 4.39 Å². The number of benzene rings is 2. The quantitative estimate of drug-likeness (QED) is 0.893. The summed E-state index contributed by atoms with van der Waals surface area (Å²) >= 11 is 5.81. The summed E-state index contributed by atoms with van der Waals surface area (Å²) < 4.78 is 19.2. The van der Waals surface area contributed by atoms with E-state index in [-0.39, 0.29) is 11.1 Å². The molecule has 1 atom stereocenters. The van der Waals surface area contributed by atoms with E-state index in [9.17, 15) is 4.39 Å². The largest absolute Gasteiger partial charge is 0.497 e. The molecule has 0 aromatic heterocycles. The first-order valence-electron chi connectivity index (χ1n) is 6.56. The fraction of sp³-hybridized carbons (Fsp3) is 0.250. The van der Waals surface area contributed by atoms with Gasteiger partial charge in [0.15, 0.2) is 5.82 Å². The summed E-state index contributed by atoms with van der Waals surface area (Å²) in [7, 11) is 1.65. The second-order valence-electron chi connectivity index (χ2n) is 4.90. The number of hydrogen-bond donors (Lipinski definition) is 1. The van der Waals surface area contributed by atoms with E-state index in [0.29, 0.717) is 5.69 Å². The van der Waals surface area contributed by atoms with E-state index in [2.05, 4.69) is 11.4 Å². The van der Waals surface area contributed by atoms with Gasteiger partial charge < -0.3 is 10.1 Å². The SMILES string of the molecule is COc1ccc2c(c1)C(Nc1cccc(Cl)c1F)CC2. The van der Waals surface area contributed by atoms with Crippen LogP contribution in [0.15, 0.2) is 36.4 Å². The molecule has 2 aromatic carbocycles. The fourth-order valence-corrected chi connectivity index (χ4v) is 2.83. The van der Waals surface area contributed by atoms with Crippen LogP contribution in [0.1, 0.15) is 23.6 Å². The van der Waals surface area contributed by atoms with Gasteiger partial charge in [0.05, 0.1) is 23.9 Å². The van der Waals surface area contributed by atoms with Gasteiger partial charge in [-0.1, -0.05) is 23.7 Å². The van der Waals surface area contributed by atoms with Crippen LogP contribution >= 0.6 is 11.6 Å². The summed E-state index contributed by atoms with van der Waals surface area (Å²) in [5, 5.41) is 3.38. The van der Waals surface area contributed by atoms with Crippen molar-refractivity contribution in [1.29, 1.82) is 0 Å². The van der Waals surface area contributed by atoms with Gasteiger partial charge in [-0.05, 0) is 48.2 Å². The zero-order chi connectivity index (χ0) is 14.1. The Balaban J connectivity index is 1.89. The van der Waals surface area contributed by atoms with Crippen LogP contribution < -0.4 is 10.1 Å². The summed E-state index contributed by atoms with van der Waals surface area (Å²) in [6.45, 7) is 0. The third kappa shape index (κ3) is 2.34. The lowest BCUT2D eigenvalue weighted by Crippen LogP contribution is -2.08. The van der Waals surface area contributed by atoms with Gasteiger partial charge in [0, 0.05) is 0 Å². The van der Waals surface area contributed by atoms with Gasteiger partial charge in [-0.3, -0.25) is 0 Å². The Hall–Kier alpha value is -1.74. The molecule has 2 nitrogen and oxygen atoms in total. The number of anilines is 1. The Morgan fingerprint density at radius 3 is 2.95 bits per heavy atom. The number of aryl methyl sites for hydroxylation is 1. The minimum atomic E-state index is -0.398. The van der Waals surface area contributed by atoms with Crippen molar-refractivity contribution in [3.8, 4) is 5.75 Å². The van der Waals surface area contributed by atoms with Crippen LogP contribution in [0.3, 0.4) is 0 Å². The minimum Gasteiger partial charge on any atom is -0.497 e. The van der Waals surface area contributed by atoms with Crippen molar-refractivity contribution in [2.24, 2.45) is 0 Å². The minimum absolute atomic E-state index is 0.0908. The third-order valence-corrected chi connectivity index (χ3v) is 4.00.